The molecular weight excluding hydrogens is 1000 g/mol. The van der Waals surface area contributed by atoms with Crippen molar-refractivity contribution in [3.05, 3.63) is 126 Å². The van der Waals surface area contributed by atoms with E-state index < -0.39 is 102 Å². The Labute approximate surface area is 451 Å². The zero-order valence-electron chi connectivity index (χ0n) is 43.8. The Morgan fingerprint density at radius 2 is 1.15 bits per heavy atom. The summed E-state index contributed by atoms with van der Waals surface area (Å²) >= 11 is 0. The molecule has 0 saturated heterocycles. The number of aromatic amines is 2. The minimum absolute atomic E-state index is 0.000449. The summed E-state index contributed by atoms with van der Waals surface area (Å²) in [5, 5.41) is 29.3. The van der Waals surface area contributed by atoms with Crippen LogP contribution in [0, 0.1) is 5.92 Å². The first kappa shape index (κ1) is 60.2. The smallest absolute Gasteiger partial charge is 0.326 e. The molecule has 0 saturated carbocycles. The average Bonchev–Trinajstić information content (AvgIpc) is 4.10. The second kappa shape index (κ2) is 30.8. The van der Waals surface area contributed by atoms with Gasteiger partial charge in [0.15, 0.2) is 5.96 Å². The first-order chi connectivity index (χ1) is 37.4. The third-order valence-corrected chi connectivity index (χ3v) is 12.7. The number of guanidine groups is 1. The molecular formula is C54H73N15O9. The van der Waals surface area contributed by atoms with Crippen LogP contribution in [0.15, 0.2) is 109 Å². The molecule has 0 fully saturated rings. The van der Waals surface area contributed by atoms with Gasteiger partial charge in [-0.2, -0.15) is 0 Å². The number of hydrogen-bond donors (Lipinski definition) is 14. The van der Waals surface area contributed by atoms with Gasteiger partial charge in [0, 0.05) is 61.2 Å². The van der Waals surface area contributed by atoms with Gasteiger partial charge in [0.05, 0.1) is 18.9 Å². The second-order valence-corrected chi connectivity index (χ2v) is 19.2. The van der Waals surface area contributed by atoms with Crippen LogP contribution in [0.3, 0.4) is 0 Å². The molecule has 7 amide bonds. The van der Waals surface area contributed by atoms with Crippen molar-refractivity contribution < 1.29 is 43.5 Å². The molecule has 0 bridgehead atoms. The Kier molecular flexibility index (Phi) is 23.8. The van der Waals surface area contributed by atoms with E-state index in [1.807, 2.05) is 24.3 Å². The highest BCUT2D eigenvalue weighted by molar-refractivity contribution is 5.97. The Hall–Kier alpha value is -8.64. The Morgan fingerprint density at radius 3 is 1.73 bits per heavy atom. The number of para-hydroxylation sites is 1. The predicted molar refractivity (Wildman–Crippen MR) is 292 cm³/mol. The summed E-state index contributed by atoms with van der Waals surface area (Å²) in [5.74, 6) is -7.13. The summed E-state index contributed by atoms with van der Waals surface area (Å²) in [6.45, 7) is 2.98. The van der Waals surface area contributed by atoms with E-state index >= 15 is 0 Å². The van der Waals surface area contributed by atoms with Gasteiger partial charge in [-0.1, -0.05) is 92.7 Å². The lowest BCUT2D eigenvalue weighted by molar-refractivity contribution is -0.143. The van der Waals surface area contributed by atoms with E-state index in [0.717, 1.165) is 10.9 Å². The zero-order chi connectivity index (χ0) is 56.6. The van der Waals surface area contributed by atoms with Crippen molar-refractivity contribution in [2.24, 2.45) is 33.8 Å². The summed E-state index contributed by atoms with van der Waals surface area (Å²) < 4.78 is 0. The van der Waals surface area contributed by atoms with Crippen LogP contribution in [-0.2, 0) is 64.0 Å². The van der Waals surface area contributed by atoms with E-state index in [0.29, 0.717) is 41.8 Å². The Balaban J connectivity index is 1.36. The molecule has 5 aromatic rings. The monoisotopic (exact) mass is 1080 g/mol. The second-order valence-electron chi connectivity index (χ2n) is 19.2. The number of hydrogen-bond acceptors (Lipinski definition) is 12. The topological polar surface area (TPSA) is 402 Å². The van der Waals surface area contributed by atoms with Gasteiger partial charge in [-0.15, -0.1) is 0 Å². The molecule has 0 aliphatic rings. The maximum atomic E-state index is 14.6. The van der Waals surface area contributed by atoms with E-state index in [1.54, 1.807) is 80.7 Å². The van der Waals surface area contributed by atoms with Crippen LogP contribution in [0.2, 0.25) is 0 Å². The van der Waals surface area contributed by atoms with E-state index in [-0.39, 0.29) is 57.5 Å². The normalized spacial score (nSPS) is 13.8. The van der Waals surface area contributed by atoms with Gasteiger partial charge < -0.3 is 75.2 Å². The average molecular weight is 1080 g/mol. The highest BCUT2D eigenvalue weighted by atomic mass is 16.4. The number of carboxylic acids is 1. The summed E-state index contributed by atoms with van der Waals surface area (Å²) in [7, 11) is 0. The molecule has 2 heterocycles. The van der Waals surface area contributed by atoms with Gasteiger partial charge in [0.25, 0.3) is 0 Å². The molecule has 7 atom stereocenters. The first-order valence-corrected chi connectivity index (χ1v) is 25.8. The molecule has 18 N–H and O–H groups in total. The summed E-state index contributed by atoms with van der Waals surface area (Å²) in [6.07, 6.45) is 5.85. The Morgan fingerprint density at radius 1 is 0.615 bits per heavy atom. The molecule has 5 rings (SSSR count). The van der Waals surface area contributed by atoms with Crippen molar-refractivity contribution in [3.8, 4) is 0 Å². The van der Waals surface area contributed by atoms with E-state index in [4.69, 9.17) is 22.9 Å². The third-order valence-electron chi connectivity index (χ3n) is 12.7. The third kappa shape index (κ3) is 19.5. The SMILES string of the molecule is CC(C)[C@H](NC(=O)[C@H](Cc1ccccc1)NC(=O)[C@H](CCCCN)NC(=O)CNC(=O)[C@H](Cc1c[nH]c2ccccc12)NC(=O)[C@H](CCCN=C(N)N)NC(=O)[C@H](Cc1ccccc1)NC(=O)[C@@H](N)Cc1cnc[nH]1)C(=O)O. The van der Waals surface area contributed by atoms with Gasteiger partial charge in [0.1, 0.15) is 36.3 Å². The number of carboxylic acid groups (broad SMARTS) is 1. The van der Waals surface area contributed by atoms with E-state index in [2.05, 4.69) is 57.2 Å². The quantitative estimate of drug-likeness (QED) is 0.0146. The van der Waals surface area contributed by atoms with E-state index in [9.17, 15) is 43.5 Å². The molecule has 0 unspecified atom stereocenters. The molecule has 418 valence electrons. The summed E-state index contributed by atoms with van der Waals surface area (Å²) in [5.41, 5.74) is 26.5. The van der Waals surface area contributed by atoms with Crippen LogP contribution in [0.4, 0.5) is 0 Å². The fourth-order valence-electron chi connectivity index (χ4n) is 8.51. The summed E-state index contributed by atoms with van der Waals surface area (Å²) in [6, 6.07) is 16.3. The number of nitrogens with one attached hydrogen (secondary N) is 9. The van der Waals surface area contributed by atoms with E-state index in [1.165, 1.54) is 12.5 Å². The van der Waals surface area contributed by atoms with Crippen molar-refractivity contribution in [1.82, 2.24) is 52.2 Å². The van der Waals surface area contributed by atoms with Crippen LogP contribution in [0.1, 0.15) is 68.3 Å². The number of unbranched alkanes of at least 4 members (excludes halogenated alkanes) is 1. The lowest BCUT2D eigenvalue weighted by Crippen LogP contribution is -2.59. The van der Waals surface area contributed by atoms with Gasteiger partial charge in [-0.05, 0) is 67.3 Å². The van der Waals surface area contributed by atoms with Crippen LogP contribution in [-0.4, -0.2) is 135 Å². The number of aliphatic imine (C=N–C) groups is 1. The zero-order valence-corrected chi connectivity index (χ0v) is 43.8. The number of imidazole rings is 1. The minimum Gasteiger partial charge on any atom is -0.480 e. The number of H-pyrrole nitrogens is 2. The number of nitrogens with zero attached hydrogens (tertiary/aromatic N) is 2. The molecule has 3 aromatic carbocycles. The molecule has 0 aliphatic carbocycles. The van der Waals surface area contributed by atoms with Gasteiger partial charge in [-0.3, -0.25) is 38.6 Å². The summed E-state index contributed by atoms with van der Waals surface area (Å²) in [4.78, 5) is 124. The van der Waals surface area contributed by atoms with Gasteiger partial charge in [-0.25, -0.2) is 9.78 Å². The van der Waals surface area contributed by atoms with Crippen molar-refractivity contribution in [3.63, 3.8) is 0 Å². The number of aliphatic carboxylic acids is 1. The van der Waals surface area contributed by atoms with Crippen molar-refractivity contribution in [2.45, 2.75) is 114 Å². The number of carbonyl (C=O) groups excluding carboxylic acids is 7. The lowest BCUT2D eigenvalue weighted by atomic mass is 10.0. The fraction of sp³-hybridized carbons (Fsp3) is 0.407. The van der Waals surface area contributed by atoms with Crippen LogP contribution in [0.5, 0.6) is 0 Å². The van der Waals surface area contributed by atoms with Crippen molar-refractivity contribution in [1.29, 1.82) is 0 Å². The largest absolute Gasteiger partial charge is 0.480 e. The molecule has 24 nitrogen and oxygen atoms in total. The van der Waals surface area contributed by atoms with Crippen molar-refractivity contribution in [2.75, 3.05) is 19.6 Å². The molecule has 0 radical (unpaired) electrons. The number of nitrogens with two attached hydrogens (primary N) is 4. The maximum Gasteiger partial charge on any atom is 0.326 e. The number of amides is 7. The van der Waals surface area contributed by atoms with Crippen molar-refractivity contribution >= 4 is 64.2 Å². The number of benzene rings is 3. The van der Waals surface area contributed by atoms with Gasteiger partial charge in [0.2, 0.25) is 41.4 Å². The Bertz CT molecular complexity index is 2790. The molecule has 78 heavy (non-hydrogen) atoms. The number of fused-ring (bicyclic) bond motifs is 1. The van der Waals surface area contributed by atoms with Crippen LogP contribution in [0.25, 0.3) is 10.9 Å². The highest BCUT2D eigenvalue weighted by Crippen LogP contribution is 2.20. The molecule has 0 aliphatic heterocycles. The number of rotatable bonds is 32. The lowest BCUT2D eigenvalue weighted by Gasteiger charge is -2.26. The highest BCUT2D eigenvalue weighted by Gasteiger charge is 2.34. The standard InChI is InChI=1S/C54H73N15O9/c1-32(2)46(53(77)78)69-52(76)43(25-34-16-7-4-8-17-34)67-49(73)40(20-11-12-22-55)64-45(70)30-62-48(72)44(26-35-28-61-39-19-10-9-18-37(35)39)68-50(74)41(21-13-23-60-54(57)58)65-51(75)42(24-33-14-5-3-6-15-33)66-47(71)38(56)27-36-29-59-31-63-36/h3-10,14-19,28-29,31-32,38,40-44,46,61H,11-13,20-27,30,55-56H2,1-2H3,(H,59,63)(H,62,72)(H,64,70)(H,65,75)(H,66,71)(H,67,73)(H,68,74)(H,69,76)(H,77,78)(H4,57,58,60)/t38-,40-,41-,42-,43-,44-,46-/m0/s1. The molecule has 0 spiro atoms. The number of carbonyl (C=O) groups is 8. The number of aromatic nitrogens is 3. The molecule has 24 heteroatoms. The molecule has 2 aromatic heterocycles. The fourth-order valence-corrected chi connectivity index (χ4v) is 8.51. The van der Waals surface area contributed by atoms with Gasteiger partial charge >= 0.3 is 5.97 Å². The first-order valence-electron chi connectivity index (χ1n) is 25.8. The maximum absolute atomic E-state index is 14.6. The van der Waals surface area contributed by atoms with Crippen LogP contribution < -0.4 is 60.2 Å². The predicted octanol–water partition coefficient (Wildman–Crippen LogP) is -0.563. The van der Waals surface area contributed by atoms with Crippen LogP contribution >= 0.6 is 0 Å². The minimum atomic E-state index is -1.36.